The second-order valence-electron chi connectivity index (χ2n) is 14.5. The number of rotatable bonds is 5. The summed E-state index contributed by atoms with van der Waals surface area (Å²) in [6.07, 6.45) is 0. The monoisotopic (exact) mass is 730 g/mol. The molecule has 0 radical (unpaired) electrons. The molecule has 0 saturated carbocycles. The molecule has 0 bridgehead atoms. The van der Waals surface area contributed by atoms with Gasteiger partial charge in [0.15, 0.2) is 5.82 Å². The molecule has 3 heteroatoms. The lowest BCUT2D eigenvalue weighted by Gasteiger charge is -2.39. The van der Waals surface area contributed by atoms with Crippen molar-refractivity contribution in [1.82, 2.24) is 9.97 Å². The maximum absolute atomic E-state index is 5.10. The van der Waals surface area contributed by atoms with Gasteiger partial charge in [-0.3, -0.25) is 0 Å². The Morgan fingerprint density at radius 2 is 0.768 bits per heavy atom. The first-order valence-electron chi connectivity index (χ1n) is 19.1. The maximum atomic E-state index is 5.10. The molecule has 0 fully saturated rings. The average Bonchev–Trinajstić information content (AvgIpc) is 3.57. The molecule has 8 aromatic carbocycles. The molecular weight excluding hydrogens is 697 g/mol. The van der Waals surface area contributed by atoms with Crippen LogP contribution in [0.3, 0.4) is 0 Å². The third kappa shape index (κ3) is 5.20. The van der Waals surface area contributed by atoms with E-state index in [9.17, 15) is 0 Å². The van der Waals surface area contributed by atoms with Gasteiger partial charge in [-0.15, -0.1) is 0 Å². The number of fused-ring (bicyclic) bond motifs is 9. The first-order valence-corrected chi connectivity index (χ1v) is 19.9. The second kappa shape index (κ2) is 13.2. The van der Waals surface area contributed by atoms with Crippen LogP contribution in [0.15, 0.2) is 216 Å². The molecule has 262 valence electrons. The van der Waals surface area contributed by atoms with Gasteiger partial charge in [0.1, 0.15) is 0 Å². The van der Waals surface area contributed by atoms with Crippen LogP contribution in [0, 0.1) is 0 Å². The highest BCUT2D eigenvalue weighted by atomic mass is 32.2. The fourth-order valence-electron chi connectivity index (χ4n) is 8.85. The van der Waals surface area contributed by atoms with Crippen LogP contribution in [0.5, 0.6) is 0 Å². The van der Waals surface area contributed by atoms with E-state index in [0.717, 1.165) is 39.2 Å². The zero-order valence-corrected chi connectivity index (χ0v) is 31.2. The summed E-state index contributed by atoms with van der Waals surface area (Å²) in [7, 11) is 0. The van der Waals surface area contributed by atoms with Crippen molar-refractivity contribution >= 4 is 11.8 Å². The number of nitrogens with zero attached hydrogens (tertiary/aromatic N) is 2. The van der Waals surface area contributed by atoms with E-state index < -0.39 is 0 Å². The molecule has 0 N–H and O–H groups in total. The minimum absolute atomic E-state index is 0.368. The molecular formula is C53H34N2S. The van der Waals surface area contributed by atoms with E-state index in [1.165, 1.54) is 54.3 Å². The zero-order chi connectivity index (χ0) is 37.1. The first-order chi connectivity index (χ1) is 27.7. The van der Waals surface area contributed by atoms with Gasteiger partial charge in [-0.2, -0.15) is 0 Å². The van der Waals surface area contributed by atoms with Crippen molar-refractivity contribution < 1.29 is 0 Å². The summed E-state index contributed by atoms with van der Waals surface area (Å²) >= 11 is 1.89. The van der Waals surface area contributed by atoms with Crippen molar-refractivity contribution in [3.8, 4) is 67.3 Å². The number of benzene rings is 8. The van der Waals surface area contributed by atoms with Gasteiger partial charge in [-0.05, 0) is 86.0 Å². The van der Waals surface area contributed by atoms with E-state index in [1.807, 2.05) is 36.0 Å². The van der Waals surface area contributed by atoms with Crippen molar-refractivity contribution in [1.29, 1.82) is 0 Å². The van der Waals surface area contributed by atoms with Gasteiger partial charge in [0.05, 0.1) is 16.8 Å². The third-order valence-corrected chi connectivity index (χ3v) is 12.5. The maximum Gasteiger partial charge on any atom is 0.160 e. The zero-order valence-electron chi connectivity index (χ0n) is 30.4. The molecule has 1 aliphatic carbocycles. The Bertz CT molecular complexity index is 2850. The standard InChI is InChI=1S/C53H34N2S/c1-3-15-35(16-4-1)48-34-49(55-52(54-48)36-17-5-2-6-18-36)41-22-14-21-39(32-41)37-19-13-20-38(31-37)40-29-30-47-51(33-40)56-50-28-12-11-27-46(50)53(47)44-25-9-7-23-42(44)43-24-8-10-26-45(43)53/h1-34H. The summed E-state index contributed by atoms with van der Waals surface area (Å²) in [6.45, 7) is 0. The molecule has 0 atom stereocenters. The van der Waals surface area contributed by atoms with Gasteiger partial charge in [0.25, 0.3) is 0 Å². The highest BCUT2D eigenvalue weighted by Gasteiger charge is 2.50. The van der Waals surface area contributed by atoms with Crippen LogP contribution in [-0.2, 0) is 5.41 Å². The van der Waals surface area contributed by atoms with E-state index in [0.29, 0.717) is 5.82 Å². The van der Waals surface area contributed by atoms with Gasteiger partial charge < -0.3 is 0 Å². The normalized spacial score (nSPS) is 13.1. The van der Waals surface area contributed by atoms with E-state index in [2.05, 4.69) is 182 Å². The predicted octanol–water partition coefficient (Wildman–Crippen LogP) is 13.6. The Morgan fingerprint density at radius 3 is 1.43 bits per heavy atom. The molecule has 2 nitrogen and oxygen atoms in total. The topological polar surface area (TPSA) is 25.8 Å². The summed E-state index contributed by atoms with van der Waals surface area (Å²) in [5.41, 5.74) is 17.3. The summed E-state index contributed by atoms with van der Waals surface area (Å²) in [5, 5.41) is 0. The summed E-state index contributed by atoms with van der Waals surface area (Å²) in [4.78, 5) is 12.7. The molecule has 1 aromatic heterocycles. The van der Waals surface area contributed by atoms with Crippen LogP contribution >= 0.6 is 11.8 Å². The Morgan fingerprint density at radius 1 is 0.304 bits per heavy atom. The number of hydrogen-bond donors (Lipinski definition) is 0. The van der Waals surface area contributed by atoms with Gasteiger partial charge >= 0.3 is 0 Å². The smallest absolute Gasteiger partial charge is 0.160 e. The lowest BCUT2D eigenvalue weighted by Crippen LogP contribution is -2.31. The fourth-order valence-corrected chi connectivity index (χ4v) is 10.1. The van der Waals surface area contributed by atoms with E-state index in [4.69, 9.17) is 9.97 Å². The average molecular weight is 731 g/mol. The van der Waals surface area contributed by atoms with Crippen molar-refractivity contribution in [2.45, 2.75) is 15.2 Å². The SMILES string of the molecule is c1ccc(-c2cc(-c3cccc(-c4cccc(-c5ccc6c(c5)Sc5ccccc5C65c6ccccc6-c6ccccc65)c4)c3)nc(-c3ccccc3)n2)cc1. The van der Waals surface area contributed by atoms with E-state index in [1.54, 1.807) is 0 Å². The fraction of sp³-hybridized carbons (Fsp3) is 0.0189. The molecule has 0 saturated heterocycles. The van der Waals surface area contributed by atoms with Crippen LogP contribution in [0.1, 0.15) is 22.3 Å². The molecule has 1 aliphatic heterocycles. The Labute approximate surface area is 331 Å². The van der Waals surface area contributed by atoms with Crippen LogP contribution in [0.2, 0.25) is 0 Å². The van der Waals surface area contributed by atoms with Gasteiger partial charge in [-0.25, -0.2) is 9.97 Å². The number of hydrogen-bond acceptors (Lipinski definition) is 3. The molecule has 2 aliphatic rings. The third-order valence-electron chi connectivity index (χ3n) is 11.4. The molecule has 11 rings (SSSR count). The van der Waals surface area contributed by atoms with E-state index >= 15 is 0 Å². The van der Waals surface area contributed by atoms with Crippen LogP contribution in [-0.4, -0.2) is 9.97 Å². The van der Waals surface area contributed by atoms with Crippen molar-refractivity contribution in [3.05, 3.63) is 229 Å². The molecule has 0 unspecified atom stereocenters. The Balaban J connectivity index is 1.00. The molecule has 56 heavy (non-hydrogen) atoms. The Kier molecular flexibility index (Phi) is 7.68. The quantitative estimate of drug-likeness (QED) is 0.176. The summed E-state index contributed by atoms with van der Waals surface area (Å²) in [6, 6.07) is 74.4. The highest BCUT2D eigenvalue weighted by molar-refractivity contribution is 7.99. The largest absolute Gasteiger partial charge is 0.228 e. The van der Waals surface area contributed by atoms with E-state index in [-0.39, 0.29) is 5.41 Å². The minimum atomic E-state index is -0.368. The minimum Gasteiger partial charge on any atom is -0.228 e. The highest BCUT2D eigenvalue weighted by Crippen LogP contribution is 2.62. The predicted molar refractivity (Wildman–Crippen MR) is 231 cm³/mol. The first kappa shape index (κ1) is 32.6. The van der Waals surface area contributed by atoms with Crippen molar-refractivity contribution in [2.24, 2.45) is 0 Å². The Hall–Kier alpha value is -6.81. The van der Waals surface area contributed by atoms with Crippen molar-refractivity contribution in [3.63, 3.8) is 0 Å². The second-order valence-corrected chi connectivity index (χ2v) is 15.6. The molecule has 9 aromatic rings. The molecule has 0 amide bonds. The van der Waals surface area contributed by atoms with Gasteiger partial charge in [-0.1, -0.05) is 188 Å². The van der Waals surface area contributed by atoms with Crippen LogP contribution in [0.25, 0.3) is 67.3 Å². The van der Waals surface area contributed by atoms with Crippen LogP contribution < -0.4 is 0 Å². The van der Waals surface area contributed by atoms with Crippen molar-refractivity contribution in [2.75, 3.05) is 0 Å². The van der Waals surface area contributed by atoms with Gasteiger partial charge in [0.2, 0.25) is 0 Å². The number of aromatic nitrogens is 2. The van der Waals surface area contributed by atoms with Crippen LogP contribution in [0.4, 0.5) is 0 Å². The molecule has 1 spiro atoms. The molecule has 2 heterocycles. The summed E-state index contributed by atoms with van der Waals surface area (Å²) in [5.74, 6) is 0.716. The lowest BCUT2D eigenvalue weighted by molar-refractivity contribution is 0.722. The lowest BCUT2D eigenvalue weighted by atomic mass is 9.67. The summed E-state index contributed by atoms with van der Waals surface area (Å²) < 4.78 is 0. The van der Waals surface area contributed by atoms with Gasteiger partial charge in [0, 0.05) is 26.5 Å².